The van der Waals surface area contributed by atoms with Gasteiger partial charge >= 0.3 is 0 Å². The van der Waals surface area contributed by atoms with Crippen LogP contribution in [0.5, 0.6) is 5.75 Å². The van der Waals surface area contributed by atoms with E-state index in [-0.39, 0.29) is 11.8 Å². The molecule has 0 radical (unpaired) electrons. The van der Waals surface area contributed by atoms with Gasteiger partial charge in [-0.1, -0.05) is 65.9 Å². The summed E-state index contributed by atoms with van der Waals surface area (Å²) in [5.74, 6) is 0.399. The molecule has 5 nitrogen and oxygen atoms in total. The SMILES string of the molecule is COc1ccc2cc(C(C)C(=O)Nc3nnc(-c4ccccc4)s3)ccc2c1. The number of amides is 1. The van der Waals surface area contributed by atoms with Gasteiger partial charge in [0.25, 0.3) is 0 Å². The first-order valence-corrected chi connectivity index (χ1v) is 9.73. The summed E-state index contributed by atoms with van der Waals surface area (Å²) in [5, 5.41) is 14.6. The molecular formula is C22H19N3O2S. The minimum Gasteiger partial charge on any atom is -0.497 e. The van der Waals surface area contributed by atoms with Crippen molar-refractivity contribution in [2.75, 3.05) is 12.4 Å². The number of anilines is 1. The van der Waals surface area contributed by atoms with Crippen LogP contribution >= 0.6 is 11.3 Å². The molecular weight excluding hydrogens is 370 g/mol. The minimum atomic E-state index is -0.310. The standard InChI is InChI=1S/C22H19N3O2S/c1-14(16-8-9-18-13-19(27-2)11-10-17(18)12-16)20(26)23-22-25-24-21(28-22)15-6-4-3-5-7-15/h3-14H,1-2H3,(H,23,25,26). The Labute approximate surface area is 167 Å². The fourth-order valence-corrected chi connectivity index (χ4v) is 3.73. The van der Waals surface area contributed by atoms with E-state index in [0.717, 1.165) is 32.7 Å². The molecule has 4 rings (SSSR count). The summed E-state index contributed by atoms with van der Waals surface area (Å²) in [4.78, 5) is 12.7. The molecule has 3 aromatic carbocycles. The monoisotopic (exact) mass is 389 g/mol. The second kappa shape index (κ2) is 7.78. The van der Waals surface area contributed by atoms with Gasteiger partial charge in [-0.15, -0.1) is 10.2 Å². The van der Waals surface area contributed by atoms with Crippen LogP contribution in [-0.4, -0.2) is 23.2 Å². The van der Waals surface area contributed by atoms with E-state index in [1.54, 1.807) is 7.11 Å². The molecule has 6 heteroatoms. The number of nitrogens with one attached hydrogen (secondary N) is 1. The maximum atomic E-state index is 12.7. The molecule has 0 fully saturated rings. The molecule has 1 N–H and O–H groups in total. The van der Waals surface area contributed by atoms with Crippen molar-refractivity contribution >= 4 is 33.1 Å². The highest BCUT2D eigenvalue weighted by atomic mass is 32.1. The third-order valence-corrected chi connectivity index (χ3v) is 5.53. The molecule has 4 aromatic rings. The van der Waals surface area contributed by atoms with Crippen LogP contribution in [-0.2, 0) is 4.79 Å². The smallest absolute Gasteiger partial charge is 0.233 e. The lowest BCUT2D eigenvalue weighted by atomic mass is 9.97. The van der Waals surface area contributed by atoms with Crippen molar-refractivity contribution in [1.82, 2.24) is 10.2 Å². The highest BCUT2D eigenvalue weighted by molar-refractivity contribution is 7.18. The van der Waals surface area contributed by atoms with Gasteiger partial charge in [0.15, 0.2) is 0 Å². The average molecular weight is 389 g/mol. The van der Waals surface area contributed by atoms with E-state index in [1.165, 1.54) is 11.3 Å². The Kier molecular flexibility index (Phi) is 5.04. The number of hydrogen-bond acceptors (Lipinski definition) is 5. The molecule has 0 aliphatic rings. The van der Waals surface area contributed by atoms with Crippen molar-refractivity contribution < 1.29 is 9.53 Å². The number of carbonyl (C=O) groups excluding carboxylic acids is 1. The Morgan fingerprint density at radius 2 is 1.75 bits per heavy atom. The average Bonchev–Trinajstić information content (AvgIpc) is 3.21. The zero-order valence-corrected chi connectivity index (χ0v) is 16.4. The Hall–Kier alpha value is -3.25. The first-order valence-electron chi connectivity index (χ1n) is 8.91. The Morgan fingerprint density at radius 1 is 1.00 bits per heavy atom. The summed E-state index contributed by atoms with van der Waals surface area (Å²) in [6.07, 6.45) is 0. The van der Waals surface area contributed by atoms with E-state index in [2.05, 4.69) is 15.5 Å². The molecule has 0 spiro atoms. The molecule has 0 saturated heterocycles. The summed E-state index contributed by atoms with van der Waals surface area (Å²) in [6.45, 7) is 1.89. The van der Waals surface area contributed by atoms with Crippen molar-refractivity contribution in [1.29, 1.82) is 0 Å². The lowest BCUT2D eigenvalue weighted by Gasteiger charge is -2.12. The Balaban J connectivity index is 1.50. The maximum Gasteiger partial charge on any atom is 0.233 e. The lowest BCUT2D eigenvalue weighted by Crippen LogP contribution is -2.18. The number of carbonyl (C=O) groups is 1. The first kappa shape index (κ1) is 18.1. The van der Waals surface area contributed by atoms with E-state index in [0.29, 0.717) is 5.13 Å². The van der Waals surface area contributed by atoms with Gasteiger partial charge in [-0.3, -0.25) is 10.1 Å². The van der Waals surface area contributed by atoms with Gasteiger partial charge in [-0.25, -0.2) is 0 Å². The van der Waals surface area contributed by atoms with Crippen LogP contribution in [0.15, 0.2) is 66.7 Å². The largest absolute Gasteiger partial charge is 0.497 e. The van der Waals surface area contributed by atoms with E-state index in [1.807, 2.05) is 73.7 Å². The van der Waals surface area contributed by atoms with Crippen LogP contribution < -0.4 is 10.1 Å². The third kappa shape index (κ3) is 3.73. The van der Waals surface area contributed by atoms with Crippen molar-refractivity contribution in [3.63, 3.8) is 0 Å². The molecule has 140 valence electrons. The van der Waals surface area contributed by atoms with Gasteiger partial charge < -0.3 is 4.74 Å². The zero-order chi connectivity index (χ0) is 19.5. The lowest BCUT2D eigenvalue weighted by molar-refractivity contribution is -0.117. The van der Waals surface area contributed by atoms with Gasteiger partial charge in [0.05, 0.1) is 13.0 Å². The number of fused-ring (bicyclic) bond motifs is 1. The predicted octanol–water partition coefficient (Wildman–Crippen LogP) is 5.11. The van der Waals surface area contributed by atoms with Crippen LogP contribution in [0.2, 0.25) is 0 Å². The van der Waals surface area contributed by atoms with Gasteiger partial charge in [-0.05, 0) is 35.4 Å². The normalized spacial score (nSPS) is 11.9. The molecule has 0 aliphatic heterocycles. The van der Waals surface area contributed by atoms with Crippen LogP contribution in [0, 0.1) is 0 Å². The van der Waals surface area contributed by atoms with Crippen molar-refractivity contribution in [2.24, 2.45) is 0 Å². The number of hydrogen-bond donors (Lipinski definition) is 1. The topological polar surface area (TPSA) is 64.1 Å². The van der Waals surface area contributed by atoms with Crippen molar-refractivity contribution in [3.8, 4) is 16.3 Å². The summed E-state index contributed by atoms with van der Waals surface area (Å²) >= 11 is 1.37. The van der Waals surface area contributed by atoms with E-state index < -0.39 is 0 Å². The molecule has 1 unspecified atom stereocenters. The Bertz CT molecular complexity index is 1130. The van der Waals surface area contributed by atoms with Crippen LogP contribution in [0.4, 0.5) is 5.13 Å². The number of rotatable bonds is 5. The molecule has 1 aromatic heterocycles. The second-order valence-corrected chi connectivity index (χ2v) is 7.44. The number of ether oxygens (including phenoxy) is 1. The Morgan fingerprint density at radius 3 is 2.54 bits per heavy atom. The molecule has 1 atom stereocenters. The van der Waals surface area contributed by atoms with E-state index >= 15 is 0 Å². The predicted molar refractivity (Wildman–Crippen MR) is 113 cm³/mol. The molecule has 28 heavy (non-hydrogen) atoms. The summed E-state index contributed by atoms with van der Waals surface area (Å²) in [7, 11) is 1.65. The minimum absolute atomic E-state index is 0.108. The summed E-state index contributed by atoms with van der Waals surface area (Å²) in [5.41, 5.74) is 1.93. The van der Waals surface area contributed by atoms with E-state index in [4.69, 9.17) is 4.74 Å². The number of methoxy groups -OCH3 is 1. The maximum absolute atomic E-state index is 12.7. The molecule has 0 bridgehead atoms. The van der Waals surface area contributed by atoms with Gasteiger partial charge in [0.2, 0.25) is 11.0 Å². The number of nitrogens with zero attached hydrogens (tertiary/aromatic N) is 2. The van der Waals surface area contributed by atoms with Crippen molar-refractivity contribution in [3.05, 3.63) is 72.3 Å². The van der Waals surface area contributed by atoms with Crippen molar-refractivity contribution in [2.45, 2.75) is 12.8 Å². The van der Waals surface area contributed by atoms with E-state index in [9.17, 15) is 4.79 Å². The molecule has 0 aliphatic carbocycles. The van der Waals surface area contributed by atoms with Crippen LogP contribution in [0.1, 0.15) is 18.4 Å². The fraction of sp³-hybridized carbons (Fsp3) is 0.136. The van der Waals surface area contributed by atoms with Gasteiger partial charge in [-0.2, -0.15) is 0 Å². The number of benzene rings is 3. The van der Waals surface area contributed by atoms with Crippen LogP contribution in [0.3, 0.4) is 0 Å². The second-order valence-electron chi connectivity index (χ2n) is 6.46. The molecule has 1 heterocycles. The van der Waals surface area contributed by atoms with Crippen LogP contribution in [0.25, 0.3) is 21.3 Å². The zero-order valence-electron chi connectivity index (χ0n) is 15.5. The molecule has 1 amide bonds. The quantitative estimate of drug-likeness (QED) is 0.515. The summed E-state index contributed by atoms with van der Waals surface area (Å²) < 4.78 is 5.26. The summed E-state index contributed by atoms with van der Waals surface area (Å²) in [6, 6.07) is 21.7. The number of aromatic nitrogens is 2. The fourth-order valence-electron chi connectivity index (χ4n) is 2.97. The highest BCUT2D eigenvalue weighted by Gasteiger charge is 2.18. The van der Waals surface area contributed by atoms with Gasteiger partial charge in [0, 0.05) is 5.56 Å². The van der Waals surface area contributed by atoms with Gasteiger partial charge in [0.1, 0.15) is 10.8 Å². The third-order valence-electron chi connectivity index (χ3n) is 4.64. The molecule has 0 saturated carbocycles. The first-order chi connectivity index (χ1) is 13.6. The highest BCUT2D eigenvalue weighted by Crippen LogP contribution is 2.28.